The fraction of sp³-hybridized carbons (Fsp3) is 0.217. The third-order valence-electron chi connectivity index (χ3n) is 4.58. The Morgan fingerprint density at radius 2 is 1.41 bits per heavy atom. The fourth-order valence-corrected chi connectivity index (χ4v) is 5.41. The summed E-state index contributed by atoms with van der Waals surface area (Å²) in [6.07, 6.45) is 0.629. The van der Waals surface area contributed by atoms with Gasteiger partial charge >= 0.3 is 5.25 Å². The Kier molecular flexibility index (Phi) is 6.25. The monoisotopic (exact) mass is 429 g/mol. The maximum Gasteiger partial charge on any atom is 0.350 e. The standard InChI is InChI=1S/C23H21F2NOS2/c24-22(25,28-20-12-6-2-7-13-20)23(29-21-14-8-3-9-15-21)26-19(17-27-23)16-18-10-4-1-5-11-18/h1-15,19,26H,16-17H2. The number of benzene rings is 3. The van der Waals surface area contributed by atoms with E-state index in [9.17, 15) is 0 Å². The Labute approximate surface area is 178 Å². The van der Waals surface area contributed by atoms with Crippen LogP contribution in [0.1, 0.15) is 5.56 Å². The van der Waals surface area contributed by atoms with Gasteiger partial charge in [-0.15, -0.1) is 0 Å². The van der Waals surface area contributed by atoms with Gasteiger partial charge in [0.2, 0.25) is 5.06 Å². The highest BCUT2D eigenvalue weighted by Gasteiger charge is 2.60. The molecule has 4 rings (SSSR count). The maximum absolute atomic E-state index is 15.6. The second-order valence-electron chi connectivity index (χ2n) is 6.81. The first-order chi connectivity index (χ1) is 14.1. The number of hydrogen-bond acceptors (Lipinski definition) is 4. The lowest BCUT2D eigenvalue weighted by molar-refractivity contribution is -0.0815. The molecule has 1 fully saturated rings. The highest BCUT2D eigenvalue weighted by Crippen LogP contribution is 2.53. The van der Waals surface area contributed by atoms with Crippen molar-refractivity contribution in [1.82, 2.24) is 5.32 Å². The summed E-state index contributed by atoms with van der Waals surface area (Å²) in [4.78, 5) is 1.23. The summed E-state index contributed by atoms with van der Waals surface area (Å²) in [5.41, 5.74) is 1.09. The number of thioether (sulfide) groups is 2. The molecule has 1 N–H and O–H groups in total. The summed E-state index contributed by atoms with van der Waals surface area (Å²) in [6, 6.07) is 27.6. The van der Waals surface area contributed by atoms with E-state index < -0.39 is 10.3 Å². The number of alkyl halides is 2. The molecule has 2 nitrogen and oxygen atoms in total. The SMILES string of the molecule is FC(F)(Sc1ccccc1)C1(Sc2ccccc2)NC(Cc2ccccc2)CO1. The van der Waals surface area contributed by atoms with Gasteiger partial charge in [0, 0.05) is 15.8 Å². The van der Waals surface area contributed by atoms with Crippen LogP contribution in [0.25, 0.3) is 0 Å². The van der Waals surface area contributed by atoms with Gasteiger partial charge in [0.25, 0.3) is 0 Å². The Hall–Kier alpha value is -1.86. The fourth-order valence-electron chi connectivity index (χ4n) is 3.22. The zero-order valence-electron chi connectivity index (χ0n) is 15.6. The van der Waals surface area contributed by atoms with E-state index in [-0.39, 0.29) is 12.6 Å². The Morgan fingerprint density at radius 1 is 0.862 bits per heavy atom. The van der Waals surface area contributed by atoms with Crippen LogP contribution in [-0.2, 0) is 11.2 Å². The van der Waals surface area contributed by atoms with Crippen molar-refractivity contribution in [2.24, 2.45) is 0 Å². The minimum absolute atomic E-state index is 0.198. The average molecular weight is 430 g/mol. The summed E-state index contributed by atoms with van der Waals surface area (Å²) in [5.74, 6) is 0. The Morgan fingerprint density at radius 3 is 2.03 bits per heavy atom. The van der Waals surface area contributed by atoms with Crippen LogP contribution in [0.4, 0.5) is 8.78 Å². The van der Waals surface area contributed by atoms with E-state index in [1.165, 1.54) is 0 Å². The minimum Gasteiger partial charge on any atom is -0.343 e. The molecule has 3 aromatic rings. The first kappa shape index (κ1) is 20.4. The predicted octanol–water partition coefficient (Wildman–Crippen LogP) is 6.05. The highest BCUT2D eigenvalue weighted by atomic mass is 32.2. The molecule has 0 aromatic heterocycles. The lowest BCUT2D eigenvalue weighted by atomic mass is 10.1. The Balaban J connectivity index is 1.59. The van der Waals surface area contributed by atoms with Gasteiger partial charge in [-0.05, 0) is 48.0 Å². The van der Waals surface area contributed by atoms with Crippen LogP contribution in [0.2, 0.25) is 0 Å². The second-order valence-corrected chi connectivity index (χ2v) is 9.24. The van der Waals surface area contributed by atoms with Crippen LogP contribution in [0.5, 0.6) is 0 Å². The van der Waals surface area contributed by atoms with Crippen molar-refractivity contribution in [2.45, 2.75) is 32.6 Å². The van der Waals surface area contributed by atoms with Crippen LogP contribution in [-0.4, -0.2) is 23.0 Å². The summed E-state index contributed by atoms with van der Waals surface area (Å²) in [7, 11) is 0. The summed E-state index contributed by atoms with van der Waals surface area (Å²) >= 11 is 1.56. The van der Waals surface area contributed by atoms with Crippen molar-refractivity contribution >= 4 is 23.5 Å². The third-order valence-corrected chi connectivity index (χ3v) is 7.05. The molecular formula is C23H21F2NOS2. The summed E-state index contributed by atoms with van der Waals surface area (Å²) in [5, 5.41) is -1.92. The van der Waals surface area contributed by atoms with E-state index in [0.717, 1.165) is 22.2 Å². The van der Waals surface area contributed by atoms with E-state index in [1.54, 1.807) is 24.3 Å². The number of hydrogen-bond donors (Lipinski definition) is 1. The van der Waals surface area contributed by atoms with Crippen LogP contribution >= 0.6 is 23.5 Å². The van der Waals surface area contributed by atoms with Gasteiger partial charge in [-0.3, -0.25) is 5.32 Å². The highest BCUT2D eigenvalue weighted by molar-refractivity contribution is 8.04. The van der Waals surface area contributed by atoms with Gasteiger partial charge in [-0.1, -0.05) is 78.5 Å². The van der Waals surface area contributed by atoms with Crippen LogP contribution in [0.15, 0.2) is 101 Å². The van der Waals surface area contributed by atoms with Gasteiger partial charge in [0.15, 0.2) is 0 Å². The maximum atomic E-state index is 15.6. The molecule has 0 saturated carbocycles. The molecule has 2 atom stereocenters. The zero-order chi connectivity index (χ0) is 20.2. The lowest BCUT2D eigenvalue weighted by Gasteiger charge is -2.35. The molecule has 0 radical (unpaired) electrons. The predicted molar refractivity (Wildman–Crippen MR) is 115 cm³/mol. The van der Waals surface area contributed by atoms with Crippen molar-refractivity contribution in [3.05, 3.63) is 96.6 Å². The van der Waals surface area contributed by atoms with Crippen LogP contribution < -0.4 is 5.32 Å². The van der Waals surface area contributed by atoms with E-state index in [0.29, 0.717) is 23.1 Å². The summed E-state index contributed by atoms with van der Waals surface area (Å²) in [6.45, 7) is 0.222. The largest absolute Gasteiger partial charge is 0.350 e. The van der Waals surface area contributed by atoms with Gasteiger partial charge in [-0.25, -0.2) is 0 Å². The molecule has 150 valence electrons. The average Bonchev–Trinajstić information content (AvgIpc) is 3.14. The molecule has 0 amide bonds. The van der Waals surface area contributed by atoms with Crippen molar-refractivity contribution < 1.29 is 13.5 Å². The topological polar surface area (TPSA) is 21.3 Å². The molecule has 6 heteroatoms. The molecule has 1 saturated heterocycles. The normalized spacial score (nSPS) is 21.9. The van der Waals surface area contributed by atoms with Crippen molar-refractivity contribution in [3.63, 3.8) is 0 Å². The van der Waals surface area contributed by atoms with Crippen LogP contribution in [0, 0.1) is 0 Å². The molecule has 0 spiro atoms. The van der Waals surface area contributed by atoms with Gasteiger partial charge in [-0.2, -0.15) is 8.78 Å². The number of rotatable bonds is 7. The van der Waals surface area contributed by atoms with E-state index in [1.807, 2.05) is 66.7 Å². The molecule has 1 aliphatic heterocycles. The lowest BCUT2D eigenvalue weighted by Crippen LogP contribution is -2.53. The second kappa shape index (κ2) is 8.88. The van der Waals surface area contributed by atoms with Gasteiger partial charge < -0.3 is 4.74 Å². The molecule has 2 unspecified atom stereocenters. The minimum atomic E-state index is -3.19. The first-order valence-electron chi connectivity index (χ1n) is 9.38. The smallest absolute Gasteiger partial charge is 0.343 e. The quantitative estimate of drug-likeness (QED) is 0.462. The Bertz CT molecular complexity index is 912. The van der Waals surface area contributed by atoms with Crippen molar-refractivity contribution in [3.8, 4) is 0 Å². The van der Waals surface area contributed by atoms with Gasteiger partial charge in [0.1, 0.15) is 0 Å². The van der Waals surface area contributed by atoms with Crippen LogP contribution in [0.3, 0.4) is 0 Å². The number of nitrogens with one attached hydrogen (secondary N) is 1. The van der Waals surface area contributed by atoms with Gasteiger partial charge in [0.05, 0.1) is 6.61 Å². The van der Waals surface area contributed by atoms with Crippen molar-refractivity contribution in [1.29, 1.82) is 0 Å². The molecule has 1 heterocycles. The molecule has 29 heavy (non-hydrogen) atoms. The first-order valence-corrected chi connectivity index (χ1v) is 11.0. The molecule has 3 aromatic carbocycles. The molecule has 1 aliphatic rings. The third kappa shape index (κ3) is 4.83. The van der Waals surface area contributed by atoms with E-state index >= 15 is 8.78 Å². The zero-order valence-corrected chi connectivity index (χ0v) is 17.3. The van der Waals surface area contributed by atoms with E-state index in [4.69, 9.17) is 4.74 Å². The molecule has 0 aliphatic carbocycles. The molecular weight excluding hydrogens is 408 g/mol. The molecule has 0 bridgehead atoms. The number of halogens is 2. The summed E-state index contributed by atoms with van der Waals surface area (Å²) < 4.78 is 37.1. The van der Waals surface area contributed by atoms with E-state index in [2.05, 4.69) is 5.32 Å². The van der Waals surface area contributed by atoms with Crippen molar-refractivity contribution in [2.75, 3.05) is 6.61 Å². The number of ether oxygens (including phenoxy) is 1.